The molecule has 2 N–H and O–H groups in total. The van der Waals surface area contributed by atoms with Crippen molar-refractivity contribution in [2.24, 2.45) is 0 Å². The monoisotopic (exact) mass is 279 g/mol. The normalized spacial score (nSPS) is 22.4. The highest BCUT2D eigenvalue weighted by Gasteiger charge is 2.37. The largest absolute Gasteiger partial charge is 0.480 e. The molecule has 1 fully saturated rings. The number of carbonyl (C=O) groups is 2. The Balaban J connectivity index is 2.07. The van der Waals surface area contributed by atoms with Crippen molar-refractivity contribution in [2.75, 3.05) is 6.54 Å². The minimum Gasteiger partial charge on any atom is -0.480 e. The van der Waals surface area contributed by atoms with Crippen molar-refractivity contribution >= 4 is 18.0 Å². The molecule has 2 rings (SSSR count). The van der Waals surface area contributed by atoms with E-state index >= 15 is 0 Å². The number of carbonyl (C=O) groups excluding carboxylic acids is 1. The summed E-state index contributed by atoms with van der Waals surface area (Å²) in [6, 6.07) is 4.54. The Hall–Kier alpha value is -2.21. The maximum absolute atomic E-state index is 12.7. The lowest BCUT2D eigenvalue weighted by Crippen LogP contribution is -2.39. The highest BCUT2D eigenvalue weighted by molar-refractivity contribution is 5.94. The van der Waals surface area contributed by atoms with Crippen LogP contribution in [0.5, 0.6) is 0 Å². The molecule has 0 aliphatic carbocycles. The second kappa shape index (κ2) is 5.83. The molecule has 0 radical (unpaired) electrons. The van der Waals surface area contributed by atoms with Gasteiger partial charge in [0, 0.05) is 19.0 Å². The van der Waals surface area contributed by atoms with E-state index in [4.69, 9.17) is 5.11 Å². The number of benzene rings is 1. The second-order valence-electron chi connectivity index (χ2n) is 4.62. The molecule has 1 amide bonds. The summed E-state index contributed by atoms with van der Waals surface area (Å²) >= 11 is 0. The lowest BCUT2D eigenvalue weighted by molar-refractivity contribution is -0.146. The average molecular weight is 279 g/mol. The number of amides is 1. The summed E-state index contributed by atoms with van der Waals surface area (Å²) in [6.45, 7) is 0.00353. The van der Waals surface area contributed by atoms with Gasteiger partial charge in [0.05, 0.1) is 6.10 Å². The number of aliphatic hydroxyl groups is 1. The van der Waals surface area contributed by atoms with E-state index in [0.29, 0.717) is 5.56 Å². The summed E-state index contributed by atoms with van der Waals surface area (Å²) < 4.78 is 12.7. The SMILES string of the molecule is O=C(O)[C@@H]1C[C@@H](O)CN1C(=O)/C=C/c1ccc(F)cc1. The number of aliphatic carboxylic acids is 1. The highest BCUT2D eigenvalue weighted by Crippen LogP contribution is 2.19. The smallest absolute Gasteiger partial charge is 0.326 e. The third kappa shape index (κ3) is 3.21. The molecular formula is C14H14FNO4. The molecule has 2 atom stereocenters. The fraction of sp³-hybridized carbons (Fsp3) is 0.286. The molecule has 0 unspecified atom stereocenters. The van der Waals surface area contributed by atoms with Crippen LogP contribution in [0.3, 0.4) is 0 Å². The van der Waals surface area contributed by atoms with Gasteiger partial charge in [-0.2, -0.15) is 0 Å². The zero-order chi connectivity index (χ0) is 14.7. The third-order valence-electron chi connectivity index (χ3n) is 3.14. The van der Waals surface area contributed by atoms with Gasteiger partial charge < -0.3 is 15.1 Å². The van der Waals surface area contributed by atoms with E-state index in [-0.39, 0.29) is 18.8 Å². The van der Waals surface area contributed by atoms with Crippen molar-refractivity contribution in [2.45, 2.75) is 18.6 Å². The van der Waals surface area contributed by atoms with Crippen LogP contribution in [0.25, 0.3) is 6.08 Å². The van der Waals surface area contributed by atoms with Gasteiger partial charge in [0.1, 0.15) is 11.9 Å². The molecule has 1 aromatic rings. The van der Waals surface area contributed by atoms with Crippen LogP contribution in [-0.2, 0) is 9.59 Å². The van der Waals surface area contributed by atoms with Crippen molar-refractivity contribution in [3.8, 4) is 0 Å². The topological polar surface area (TPSA) is 77.8 Å². The van der Waals surface area contributed by atoms with Crippen molar-refractivity contribution in [1.82, 2.24) is 4.90 Å². The minimum absolute atomic E-state index is 0.00353. The van der Waals surface area contributed by atoms with Crippen LogP contribution in [0, 0.1) is 5.82 Å². The summed E-state index contributed by atoms with van der Waals surface area (Å²) in [4.78, 5) is 24.1. The van der Waals surface area contributed by atoms with Crippen molar-refractivity contribution in [1.29, 1.82) is 0 Å². The molecule has 1 aromatic carbocycles. The number of β-amino-alcohol motifs (C(OH)–C–C–N with tert-alkyl or cyclic N) is 1. The number of halogens is 1. The first kappa shape index (κ1) is 14.2. The fourth-order valence-corrected chi connectivity index (χ4v) is 2.13. The van der Waals surface area contributed by atoms with E-state index < -0.39 is 24.0 Å². The number of nitrogens with zero attached hydrogens (tertiary/aromatic N) is 1. The maximum Gasteiger partial charge on any atom is 0.326 e. The summed E-state index contributed by atoms with van der Waals surface area (Å²) in [7, 11) is 0. The van der Waals surface area contributed by atoms with Gasteiger partial charge in [-0.1, -0.05) is 12.1 Å². The van der Waals surface area contributed by atoms with Crippen LogP contribution in [-0.4, -0.2) is 45.7 Å². The molecule has 0 bridgehead atoms. The Labute approximate surface area is 114 Å². The molecular weight excluding hydrogens is 265 g/mol. The van der Waals surface area contributed by atoms with Crippen LogP contribution < -0.4 is 0 Å². The summed E-state index contributed by atoms with van der Waals surface area (Å²) in [6.07, 6.45) is 1.91. The Morgan fingerprint density at radius 3 is 2.55 bits per heavy atom. The Kier molecular flexibility index (Phi) is 4.14. The number of rotatable bonds is 3. The number of carboxylic acids is 1. The summed E-state index contributed by atoms with van der Waals surface area (Å²) in [5, 5.41) is 18.5. The molecule has 6 heteroatoms. The number of hydrogen-bond acceptors (Lipinski definition) is 3. The van der Waals surface area contributed by atoms with Gasteiger partial charge in [0.2, 0.25) is 5.91 Å². The standard InChI is InChI=1S/C14H14FNO4/c15-10-4-1-9(2-5-10)3-6-13(18)16-8-11(17)7-12(16)14(19)20/h1-6,11-12,17H,7-8H2,(H,19,20)/b6-3+/t11-,12+/m1/s1. The van der Waals surface area contributed by atoms with Crippen molar-refractivity contribution in [3.63, 3.8) is 0 Å². The predicted octanol–water partition coefficient (Wildman–Crippen LogP) is 0.885. The Morgan fingerprint density at radius 1 is 1.30 bits per heavy atom. The highest BCUT2D eigenvalue weighted by atomic mass is 19.1. The van der Waals surface area contributed by atoms with E-state index in [2.05, 4.69) is 0 Å². The quantitative estimate of drug-likeness (QED) is 0.805. The van der Waals surface area contributed by atoms with Crippen LogP contribution in [0.2, 0.25) is 0 Å². The molecule has 0 aromatic heterocycles. The first-order chi connectivity index (χ1) is 9.47. The Bertz CT molecular complexity index is 541. The molecule has 1 aliphatic heterocycles. The lowest BCUT2D eigenvalue weighted by atomic mass is 10.2. The molecule has 0 spiro atoms. The van der Waals surface area contributed by atoms with Crippen LogP contribution in [0.4, 0.5) is 4.39 Å². The first-order valence-corrected chi connectivity index (χ1v) is 6.12. The number of likely N-dealkylation sites (tertiary alicyclic amines) is 1. The third-order valence-corrected chi connectivity index (χ3v) is 3.14. The summed E-state index contributed by atoms with van der Waals surface area (Å²) in [5.74, 6) is -1.99. The van der Waals surface area contributed by atoms with E-state index in [0.717, 1.165) is 4.90 Å². The number of aliphatic hydroxyl groups excluding tert-OH is 1. The number of carboxylic acid groups (broad SMARTS) is 1. The minimum atomic E-state index is -1.13. The van der Waals surface area contributed by atoms with Crippen LogP contribution in [0.1, 0.15) is 12.0 Å². The second-order valence-corrected chi connectivity index (χ2v) is 4.62. The van der Waals surface area contributed by atoms with Gasteiger partial charge in [-0.3, -0.25) is 4.79 Å². The van der Waals surface area contributed by atoms with Crippen molar-refractivity contribution in [3.05, 3.63) is 41.7 Å². The van der Waals surface area contributed by atoms with Crippen LogP contribution in [0.15, 0.2) is 30.3 Å². The molecule has 5 nitrogen and oxygen atoms in total. The average Bonchev–Trinajstić information content (AvgIpc) is 2.80. The van der Waals surface area contributed by atoms with Crippen LogP contribution >= 0.6 is 0 Å². The molecule has 1 heterocycles. The molecule has 106 valence electrons. The molecule has 1 saturated heterocycles. The summed E-state index contributed by atoms with van der Waals surface area (Å²) in [5.41, 5.74) is 0.631. The first-order valence-electron chi connectivity index (χ1n) is 6.12. The van der Waals surface area contributed by atoms with Gasteiger partial charge in [-0.25, -0.2) is 9.18 Å². The van der Waals surface area contributed by atoms with Gasteiger partial charge in [0.15, 0.2) is 0 Å². The maximum atomic E-state index is 12.7. The molecule has 0 saturated carbocycles. The fourth-order valence-electron chi connectivity index (χ4n) is 2.13. The van der Waals surface area contributed by atoms with Gasteiger partial charge >= 0.3 is 5.97 Å². The zero-order valence-electron chi connectivity index (χ0n) is 10.6. The molecule has 20 heavy (non-hydrogen) atoms. The van der Waals surface area contributed by atoms with Gasteiger partial charge in [0.25, 0.3) is 0 Å². The van der Waals surface area contributed by atoms with E-state index in [9.17, 15) is 19.1 Å². The van der Waals surface area contributed by atoms with E-state index in [1.807, 2.05) is 0 Å². The Morgan fingerprint density at radius 2 is 1.95 bits per heavy atom. The van der Waals surface area contributed by atoms with Gasteiger partial charge in [-0.15, -0.1) is 0 Å². The van der Waals surface area contributed by atoms with E-state index in [1.165, 1.54) is 36.4 Å². The number of hydrogen-bond donors (Lipinski definition) is 2. The predicted molar refractivity (Wildman–Crippen MR) is 69.2 cm³/mol. The van der Waals surface area contributed by atoms with Gasteiger partial charge in [-0.05, 0) is 23.8 Å². The van der Waals surface area contributed by atoms with E-state index in [1.54, 1.807) is 0 Å². The lowest BCUT2D eigenvalue weighted by Gasteiger charge is -2.19. The zero-order valence-corrected chi connectivity index (χ0v) is 10.6. The molecule has 1 aliphatic rings. The van der Waals surface area contributed by atoms with Crippen molar-refractivity contribution < 1.29 is 24.2 Å².